The molecule has 0 spiro atoms. The van der Waals surface area contributed by atoms with Crippen LogP contribution in [0, 0.1) is 0 Å². The van der Waals surface area contributed by atoms with Crippen LogP contribution < -0.4 is 14.8 Å². The molecule has 1 aromatic carbocycles. The maximum absolute atomic E-state index is 5.75. The van der Waals surface area contributed by atoms with Gasteiger partial charge in [-0.15, -0.1) is 0 Å². The minimum atomic E-state index is 0.533. The molecule has 2 aromatic rings. The zero-order chi connectivity index (χ0) is 16.8. The molecule has 25 heavy (non-hydrogen) atoms. The minimum Gasteiger partial charge on any atom is -0.486 e. The van der Waals surface area contributed by atoms with E-state index in [2.05, 4.69) is 28.0 Å². The number of nitrogens with one attached hydrogen (secondary N) is 1. The Bertz CT molecular complexity index is 801. The van der Waals surface area contributed by atoms with Crippen LogP contribution in [0.2, 0.25) is 0 Å². The third-order valence-corrected chi connectivity index (χ3v) is 5.46. The number of nitrogens with zero attached hydrogens (tertiary/aromatic N) is 3. The van der Waals surface area contributed by atoms with E-state index in [0.29, 0.717) is 19.1 Å². The van der Waals surface area contributed by atoms with Gasteiger partial charge in [-0.25, -0.2) is 4.68 Å². The lowest BCUT2D eigenvalue weighted by Crippen LogP contribution is -2.31. The van der Waals surface area contributed by atoms with Gasteiger partial charge in [0.2, 0.25) is 0 Å². The third kappa shape index (κ3) is 2.56. The summed E-state index contributed by atoms with van der Waals surface area (Å²) in [5, 5.41) is 8.57. The molecular weight excluding hydrogens is 316 g/mol. The molecule has 3 aliphatic rings. The zero-order valence-corrected chi connectivity index (χ0v) is 14.6. The lowest BCUT2D eigenvalue weighted by molar-refractivity contribution is 0.171. The van der Waals surface area contributed by atoms with Crippen LogP contribution in [0.15, 0.2) is 18.2 Å². The Morgan fingerprint density at radius 2 is 2.08 bits per heavy atom. The number of rotatable bonds is 2. The van der Waals surface area contributed by atoms with Gasteiger partial charge in [-0.05, 0) is 45.0 Å². The van der Waals surface area contributed by atoms with Gasteiger partial charge in [0, 0.05) is 30.6 Å². The van der Waals surface area contributed by atoms with Gasteiger partial charge in [-0.3, -0.25) is 0 Å². The molecule has 0 bridgehead atoms. The molecule has 4 heterocycles. The number of likely N-dealkylation sites (tertiary alicyclic amines) is 1. The van der Waals surface area contributed by atoms with Crippen molar-refractivity contribution in [3.8, 4) is 17.2 Å². The summed E-state index contributed by atoms with van der Waals surface area (Å²) in [7, 11) is 2.21. The molecule has 6 heteroatoms. The van der Waals surface area contributed by atoms with E-state index in [-0.39, 0.29) is 0 Å². The quantitative estimate of drug-likeness (QED) is 0.910. The number of hydrogen-bond acceptors (Lipinski definition) is 5. The van der Waals surface area contributed by atoms with Gasteiger partial charge in [-0.1, -0.05) is 0 Å². The number of ether oxygens (including phenoxy) is 2. The van der Waals surface area contributed by atoms with Crippen LogP contribution in [0.3, 0.4) is 0 Å². The summed E-state index contributed by atoms with van der Waals surface area (Å²) < 4.78 is 13.5. The molecule has 0 amide bonds. The van der Waals surface area contributed by atoms with Crippen LogP contribution in [0.1, 0.15) is 30.0 Å². The number of aromatic nitrogens is 2. The Balaban J connectivity index is 1.55. The van der Waals surface area contributed by atoms with Crippen LogP contribution in [-0.2, 0) is 6.42 Å². The highest BCUT2D eigenvalue weighted by Crippen LogP contribution is 2.38. The number of fused-ring (bicyclic) bond motifs is 2. The highest BCUT2D eigenvalue weighted by molar-refractivity contribution is 5.60. The molecule has 132 valence electrons. The van der Waals surface area contributed by atoms with Gasteiger partial charge < -0.3 is 19.7 Å². The fourth-order valence-electron chi connectivity index (χ4n) is 4.27. The van der Waals surface area contributed by atoms with Crippen molar-refractivity contribution in [1.82, 2.24) is 14.7 Å². The molecular formula is C19H24N4O2. The zero-order valence-electron chi connectivity index (χ0n) is 14.6. The molecule has 6 nitrogen and oxygen atoms in total. The van der Waals surface area contributed by atoms with Crippen molar-refractivity contribution in [3.63, 3.8) is 0 Å². The predicted octanol–water partition coefficient (Wildman–Crippen LogP) is 2.42. The van der Waals surface area contributed by atoms with Crippen molar-refractivity contribution in [3.05, 3.63) is 29.5 Å². The summed E-state index contributed by atoms with van der Waals surface area (Å²) >= 11 is 0. The first-order valence-corrected chi connectivity index (χ1v) is 9.24. The van der Waals surface area contributed by atoms with Gasteiger partial charge in [0.05, 0.1) is 11.4 Å². The first-order valence-electron chi connectivity index (χ1n) is 9.24. The minimum absolute atomic E-state index is 0.533. The number of benzene rings is 1. The molecule has 1 aromatic heterocycles. The van der Waals surface area contributed by atoms with Crippen molar-refractivity contribution in [2.45, 2.75) is 25.2 Å². The van der Waals surface area contributed by atoms with E-state index in [4.69, 9.17) is 14.6 Å². The average Bonchev–Trinajstić information content (AvgIpc) is 3.24. The second kappa shape index (κ2) is 5.95. The lowest BCUT2D eigenvalue weighted by atomic mass is 9.92. The molecule has 1 atom stereocenters. The lowest BCUT2D eigenvalue weighted by Gasteiger charge is -2.29. The smallest absolute Gasteiger partial charge is 0.163 e. The van der Waals surface area contributed by atoms with Crippen molar-refractivity contribution >= 4 is 5.82 Å². The average molecular weight is 340 g/mol. The largest absolute Gasteiger partial charge is 0.486 e. The van der Waals surface area contributed by atoms with E-state index in [1.54, 1.807) is 0 Å². The normalized spacial score (nSPS) is 22.5. The summed E-state index contributed by atoms with van der Waals surface area (Å²) in [6, 6.07) is 6.09. The van der Waals surface area contributed by atoms with Crippen molar-refractivity contribution in [2.24, 2.45) is 0 Å². The molecule has 0 aliphatic carbocycles. The summed E-state index contributed by atoms with van der Waals surface area (Å²) in [6.45, 7) is 4.51. The Kier molecular flexibility index (Phi) is 3.59. The number of anilines is 1. The van der Waals surface area contributed by atoms with E-state index in [1.165, 1.54) is 30.6 Å². The van der Waals surface area contributed by atoms with Crippen molar-refractivity contribution < 1.29 is 9.47 Å². The maximum atomic E-state index is 5.75. The summed E-state index contributed by atoms with van der Waals surface area (Å²) in [6.07, 6.45) is 3.55. The van der Waals surface area contributed by atoms with E-state index < -0.39 is 0 Å². The molecule has 0 radical (unpaired) electrons. The molecule has 1 fully saturated rings. The topological polar surface area (TPSA) is 51.6 Å². The van der Waals surface area contributed by atoms with Gasteiger partial charge in [0.15, 0.2) is 11.5 Å². The number of piperidine rings is 1. The fraction of sp³-hybridized carbons (Fsp3) is 0.526. The first kappa shape index (κ1) is 15.1. The highest BCUT2D eigenvalue weighted by Gasteiger charge is 2.30. The van der Waals surface area contributed by atoms with Gasteiger partial charge in [0.1, 0.15) is 19.0 Å². The Morgan fingerprint density at radius 1 is 1.20 bits per heavy atom. The second-order valence-corrected chi connectivity index (χ2v) is 7.23. The molecule has 5 rings (SSSR count). The van der Waals surface area contributed by atoms with Gasteiger partial charge >= 0.3 is 0 Å². The molecule has 1 unspecified atom stereocenters. The van der Waals surface area contributed by atoms with Crippen LogP contribution in [0.4, 0.5) is 5.82 Å². The van der Waals surface area contributed by atoms with Crippen LogP contribution >= 0.6 is 0 Å². The summed E-state index contributed by atoms with van der Waals surface area (Å²) in [4.78, 5) is 2.42. The number of hydrogen-bond donors (Lipinski definition) is 1. The molecule has 1 N–H and O–H groups in total. The SMILES string of the molecule is CN1CCCC(c2nn(-c3ccc4c(c3)OCCO4)c3c2CCN3)C1. The number of likely N-dealkylation sites (N-methyl/N-ethyl adjacent to an activating group) is 1. The van der Waals surface area contributed by atoms with E-state index in [1.807, 2.05) is 12.1 Å². The Labute approximate surface area is 147 Å². The molecule has 3 aliphatic heterocycles. The monoisotopic (exact) mass is 340 g/mol. The summed E-state index contributed by atoms with van der Waals surface area (Å²) in [5.41, 5.74) is 3.71. The van der Waals surface area contributed by atoms with E-state index in [0.717, 1.165) is 42.5 Å². The van der Waals surface area contributed by atoms with Crippen molar-refractivity contribution in [2.75, 3.05) is 45.2 Å². The predicted molar refractivity (Wildman–Crippen MR) is 96.2 cm³/mol. The molecule has 1 saturated heterocycles. The standard InChI is InChI=1S/C19H24N4O2/c1-22-8-2-3-13(12-22)18-15-6-7-20-19(15)23(21-18)14-4-5-16-17(11-14)25-10-9-24-16/h4-5,11,13,20H,2-3,6-10,12H2,1H3. The highest BCUT2D eigenvalue weighted by atomic mass is 16.6. The summed E-state index contributed by atoms with van der Waals surface area (Å²) in [5.74, 6) is 3.32. The second-order valence-electron chi connectivity index (χ2n) is 7.23. The molecule has 0 saturated carbocycles. The van der Waals surface area contributed by atoms with Crippen LogP contribution in [0.25, 0.3) is 5.69 Å². The third-order valence-electron chi connectivity index (χ3n) is 5.46. The first-order chi connectivity index (χ1) is 12.3. The maximum Gasteiger partial charge on any atom is 0.163 e. The van der Waals surface area contributed by atoms with Crippen molar-refractivity contribution in [1.29, 1.82) is 0 Å². The van der Waals surface area contributed by atoms with Gasteiger partial charge in [-0.2, -0.15) is 5.10 Å². The Hall–Kier alpha value is -2.21. The van der Waals surface area contributed by atoms with Crippen LogP contribution in [0.5, 0.6) is 11.5 Å². The van der Waals surface area contributed by atoms with Crippen LogP contribution in [-0.4, -0.2) is 54.6 Å². The van der Waals surface area contributed by atoms with E-state index in [9.17, 15) is 0 Å². The van der Waals surface area contributed by atoms with E-state index >= 15 is 0 Å². The Morgan fingerprint density at radius 3 is 2.96 bits per heavy atom. The fourth-order valence-corrected chi connectivity index (χ4v) is 4.27. The van der Waals surface area contributed by atoms with Gasteiger partial charge in [0.25, 0.3) is 0 Å².